The lowest BCUT2D eigenvalue weighted by molar-refractivity contribution is -0.137. The van der Waals surface area contributed by atoms with Crippen LogP contribution >= 0.6 is 11.3 Å². The molecule has 0 radical (unpaired) electrons. The number of hydrogen-bond acceptors (Lipinski definition) is 3. The predicted octanol–water partition coefficient (Wildman–Crippen LogP) is 4.11. The molecule has 1 saturated heterocycles. The van der Waals surface area contributed by atoms with E-state index in [1.54, 1.807) is 22.3 Å². The summed E-state index contributed by atoms with van der Waals surface area (Å²) in [5.41, 5.74) is -0.115. The van der Waals surface area contributed by atoms with Crippen LogP contribution in [0.4, 0.5) is 23.7 Å². The summed E-state index contributed by atoms with van der Waals surface area (Å²) in [7, 11) is 0. The number of carbonyl (C=O) groups excluding carboxylic acids is 1. The van der Waals surface area contributed by atoms with Crippen molar-refractivity contribution in [3.8, 4) is 0 Å². The van der Waals surface area contributed by atoms with Gasteiger partial charge in [0.1, 0.15) is 0 Å². The highest BCUT2D eigenvalue weighted by atomic mass is 32.1. The van der Waals surface area contributed by atoms with Gasteiger partial charge in [-0.15, -0.1) is 11.3 Å². The Kier molecular flexibility index (Phi) is 5.41. The van der Waals surface area contributed by atoms with Gasteiger partial charge in [0, 0.05) is 41.6 Å². The highest BCUT2D eigenvalue weighted by Crippen LogP contribution is 2.31. The zero-order valence-corrected chi connectivity index (χ0v) is 15.2. The third-order valence-corrected chi connectivity index (χ3v) is 5.32. The molecule has 4 nitrogen and oxygen atoms in total. The summed E-state index contributed by atoms with van der Waals surface area (Å²) < 4.78 is 38.6. The van der Waals surface area contributed by atoms with Gasteiger partial charge in [-0.05, 0) is 37.3 Å². The molecule has 0 unspecified atom stereocenters. The monoisotopic (exact) mass is 383 g/mol. The highest BCUT2D eigenvalue weighted by Gasteiger charge is 2.31. The Morgan fingerprint density at radius 1 is 1.15 bits per heavy atom. The van der Waals surface area contributed by atoms with E-state index in [1.807, 2.05) is 24.0 Å². The van der Waals surface area contributed by atoms with E-state index in [0.717, 1.165) is 17.0 Å². The molecule has 1 aromatic heterocycles. The van der Waals surface area contributed by atoms with Gasteiger partial charge in [0.25, 0.3) is 0 Å². The van der Waals surface area contributed by atoms with Gasteiger partial charge in [0.05, 0.1) is 12.1 Å². The van der Waals surface area contributed by atoms with Crippen molar-refractivity contribution in [3.05, 3.63) is 51.7 Å². The number of aryl methyl sites for hydroxylation is 1. The predicted molar refractivity (Wildman–Crippen MR) is 96.5 cm³/mol. The van der Waals surface area contributed by atoms with E-state index in [-0.39, 0.29) is 6.03 Å². The van der Waals surface area contributed by atoms with E-state index in [9.17, 15) is 18.0 Å². The van der Waals surface area contributed by atoms with E-state index in [4.69, 9.17) is 0 Å². The van der Waals surface area contributed by atoms with E-state index in [0.29, 0.717) is 38.4 Å². The number of alkyl halides is 3. The fourth-order valence-corrected chi connectivity index (χ4v) is 3.73. The number of nitrogens with one attached hydrogen (secondary N) is 1. The Bertz CT molecular complexity index is 767. The number of anilines is 1. The lowest BCUT2D eigenvalue weighted by atomic mass is 10.1. The van der Waals surface area contributed by atoms with Crippen LogP contribution in [0.3, 0.4) is 0 Å². The van der Waals surface area contributed by atoms with Gasteiger partial charge in [0.2, 0.25) is 0 Å². The Labute approximate surface area is 154 Å². The van der Waals surface area contributed by atoms with Crippen LogP contribution in [0.2, 0.25) is 0 Å². The van der Waals surface area contributed by atoms with E-state index in [1.165, 1.54) is 10.9 Å². The number of benzene rings is 1. The first-order valence-electron chi connectivity index (χ1n) is 8.33. The van der Waals surface area contributed by atoms with Crippen LogP contribution in [-0.2, 0) is 12.7 Å². The maximum atomic E-state index is 12.9. The molecule has 1 aliphatic heterocycles. The number of amides is 2. The normalized spacial score (nSPS) is 15.2. The highest BCUT2D eigenvalue weighted by molar-refractivity contribution is 7.11. The first-order valence-corrected chi connectivity index (χ1v) is 9.15. The Morgan fingerprint density at radius 2 is 1.88 bits per heavy atom. The number of halogens is 3. The van der Waals surface area contributed by atoms with E-state index >= 15 is 0 Å². The molecule has 8 heteroatoms. The minimum absolute atomic E-state index is 0.139. The quantitative estimate of drug-likeness (QED) is 0.866. The molecule has 1 aromatic carbocycles. The third kappa shape index (κ3) is 4.49. The Morgan fingerprint density at radius 3 is 2.50 bits per heavy atom. The number of urea groups is 1. The fraction of sp³-hybridized carbons (Fsp3) is 0.389. The molecule has 1 aliphatic rings. The fourth-order valence-electron chi connectivity index (χ4n) is 2.90. The van der Waals surface area contributed by atoms with Crippen LogP contribution in [0.5, 0.6) is 0 Å². The number of hydrogen-bond donors (Lipinski definition) is 1. The lowest BCUT2D eigenvalue weighted by Gasteiger charge is -2.36. The SMILES string of the molecule is Cc1ccc(CNC(=O)N2CCN(c3cccc(C(F)(F)F)c3)CC2)s1. The van der Waals surface area contributed by atoms with Crippen molar-refractivity contribution in [3.63, 3.8) is 0 Å². The van der Waals surface area contributed by atoms with Crippen LogP contribution in [0.25, 0.3) is 0 Å². The molecule has 3 rings (SSSR count). The molecule has 0 aliphatic carbocycles. The van der Waals surface area contributed by atoms with Crippen LogP contribution in [0, 0.1) is 6.92 Å². The van der Waals surface area contributed by atoms with E-state index < -0.39 is 11.7 Å². The topological polar surface area (TPSA) is 35.6 Å². The van der Waals surface area contributed by atoms with Gasteiger partial charge in [-0.25, -0.2) is 4.79 Å². The van der Waals surface area contributed by atoms with Gasteiger partial charge in [0.15, 0.2) is 0 Å². The molecular formula is C18H20F3N3OS. The minimum Gasteiger partial charge on any atom is -0.368 e. The van der Waals surface area contributed by atoms with Crippen LogP contribution in [-0.4, -0.2) is 37.1 Å². The summed E-state index contributed by atoms with van der Waals surface area (Å²) in [6, 6.07) is 9.18. The first kappa shape index (κ1) is 18.6. The second-order valence-electron chi connectivity index (χ2n) is 6.19. The molecule has 0 bridgehead atoms. The van der Waals surface area contributed by atoms with Crippen LogP contribution in [0.1, 0.15) is 15.3 Å². The zero-order valence-electron chi connectivity index (χ0n) is 14.3. The average molecular weight is 383 g/mol. The molecule has 2 amide bonds. The molecular weight excluding hydrogens is 363 g/mol. The summed E-state index contributed by atoms with van der Waals surface area (Å²) in [5, 5.41) is 2.90. The van der Waals surface area contributed by atoms with Crippen molar-refractivity contribution in [2.24, 2.45) is 0 Å². The standard InChI is InChI=1S/C18H20F3N3OS/c1-13-5-6-16(26-13)12-22-17(25)24-9-7-23(8-10-24)15-4-2-3-14(11-15)18(19,20)21/h2-6,11H,7-10,12H2,1H3,(H,22,25). The van der Waals surface area contributed by atoms with Crippen LogP contribution in [0.15, 0.2) is 36.4 Å². The molecule has 0 atom stereocenters. The second-order valence-corrected chi connectivity index (χ2v) is 7.57. The summed E-state index contributed by atoms with van der Waals surface area (Å²) in [4.78, 5) is 18.1. The van der Waals surface area contributed by atoms with Gasteiger partial charge >= 0.3 is 12.2 Å². The summed E-state index contributed by atoms with van der Waals surface area (Å²) >= 11 is 1.64. The van der Waals surface area contributed by atoms with Gasteiger partial charge in [-0.2, -0.15) is 13.2 Å². The third-order valence-electron chi connectivity index (χ3n) is 4.32. The van der Waals surface area contributed by atoms with Crippen molar-refractivity contribution in [1.29, 1.82) is 0 Å². The molecule has 140 valence electrons. The zero-order chi connectivity index (χ0) is 18.7. The van der Waals surface area contributed by atoms with Gasteiger partial charge in [-0.1, -0.05) is 6.07 Å². The Balaban J connectivity index is 1.53. The molecule has 2 heterocycles. The second kappa shape index (κ2) is 7.57. The Hall–Kier alpha value is -2.22. The number of nitrogens with zero attached hydrogens (tertiary/aromatic N) is 2. The summed E-state index contributed by atoms with van der Waals surface area (Å²) in [5.74, 6) is 0. The van der Waals surface area contributed by atoms with E-state index in [2.05, 4.69) is 5.32 Å². The number of carbonyl (C=O) groups is 1. The van der Waals surface area contributed by atoms with Crippen LogP contribution < -0.4 is 10.2 Å². The maximum absolute atomic E-state index is 12.9. The number of rotatable bonds is 3. The van der Waals surface area contributed by atoms with Crippen molar-refractivity contribution < 1.29 is 18.0 Å². The molecule has 0 saturated carbocycles. The molecule has 26 heavy (non-hydrogen) atoms. The number of thiophene rings is 1. The minimum atomic E-state index is -4.35. The average Bonchev–Trinajstić information content (AvgIpc) is 3.04. The van der Waals surface area contributed by atoms with Gasteiger partial charge < -0.3 is 15.1 Å². The van der Waals surface area contributed by atoms with Crippen molar-refractivity contribution in [2.45, 2.75) is 19.6 Å². The maximum Gasteiger partial charge on any atom is 0.416 e. The van der Waals surface area contributed by atoms with Crippen molar-refractivity contribution >= 4 is 23.1 Å². The van der Waals surface area contributed by atoms with Crippen molar-refractivity contribution in [1.82, 2.24) is 10.2 Å². The van der Waals surface area contributed by atoms with Crippen molar-refractivity contribution in [2.75, 3.05) is 31.1 Å². The molecule has 1 fully saturated rings. The molecule has 1 N–H and O–H groups in total. The first-order chi connectivity index (χ1) is 12.3. The largest absolute Gasteiger partial charge is 0.416 e. The summed E-state index contributed by atoms with van der Waals surface area (Å²) in [6.45, 7) is 4.48. The lowest BCUT2D eigenvalue weighted by Crippen LogP contribution is -2.51. The molecule has 2 aromatic rings. The smallest absolute Gasteiger partial charge is 0.368 e. The number of piperazine rings is 1. The van der Waals surface area contributed by atoms with Gasteiger partial charge in [-0.3, -0.25) is 0 Å². The summed E-state index contributed by atoms with van der Waals surface area (Å²) in [6.07, 6.45) is -4.35. The molecule has 0 spiro atoms.